The maximum atomic E-state index is 5.73. The third-order valence-corrected chi connectivity index (χ3v) is 7.41. The van der Waals surface area contributed by atoms with Gasteiger partial charge in [-0.15, -0.1) is 0 Å². The van der Waals surface area contributed by atoms with Crippen LogP contribution in [0, 0.1) is 0 Å². The van der Waals surface area contributed by atoms with Gasteiger partial charge in [0, 0.05) is 13.2 Å². The van der Waals surface area contributed by atoms with E-state index in [0.29, 0.717) is 0 Å². The molecule has 0 saturated heterocycles. The Morgan fingerprint density at radius 1 is 0.229 bits per heavy atom. The summed E-state index contributed by atoms with van der Waals surface area (Å²) >= 11 is 0. The summed E-state index contributed by atoms with van der Waals surface area (Å²) in [7, 11) is 0. The molecule has 0 aliphatic heterocycles. The van der Waals surface area contributed by atoms with Crippen molar-refractivity contribution in [1.29, 1.82) is 0 Å². The zero-order valence-electron chi connectivity index (χ0n) is 24.7. The zero-order valence-corrected chi connectivity index (χ0v) is 24.7. The van der Waals surface area contributed by atoms with Crippen LogP contribution in [0.4, 0.5) is 0 Å². The van der Waals surface area contributed by atoms with Crippen molar-refractivity contribution in [3.8, 4) is 0 Å². The number of rotatable bonds is 32. The largest absolute Gasteiger partial charge is 0.379 e. The minimum Gasteiger partial charge on any atom is -0.379 e. The summed E-state index contributed by atoms with van der Waals surface area (Å²) in [4.78, 5) is 0. The fraction of sp³-hybridized carbons (Fsp3) is 1.00. The van der Waals surface area contributed by atoms with Crippen molar-refractivity contribution in [2.24, 2.45) is 0 Å². The van der Waals surface area contributed by atoms with Gasteiger partial charge in [0.1, 0.15) is 0 Å². The third-order valence-electron chi connectivity index (χ3n) is 7.41. The summed E-state index contributed by atoms with van der Waals surface area (Å²) in [6, 6.07) is 0. The molecule has 0 aliphatic rings. The average molecular weight is 497 g/mol. The predicted molar refractivity (Wildman–Crippen MR) is 158 cm³/mol. The number of ether oxygens (including phenoxy) is 2. The smallest absolute Gasteiger partial charge is 0.0700 e. The molecule has 0 bridgehead atoms. The highest BCUT2D eigenvalue weighted by Crippen LogP contribution is 2.14. The first kappa shape index (κ1) is 34.9. The molecule has 0 aliphatic carbocycles. The lowest BCUT2D eigenvalue weighted by atomic mass is 10.0. The molecular weight excluding hydrogens is 428 g/mol. The Kier molecular flexibility index (Phi) is 33.8. The van der Waals surface area contributed by atoms with E-state index >= 15 is 0 Å². The highest BCUT2D eigenvalue weighted by atomic mass is 16.5. The van der Waals surface area contributed by atoms with Gasteiger partial charge < -0.3 is 9.47 Å². The molecular formula is C33H68O2. The van der Waals surface area contributed by atoms with Gasteiger partial charge in [0.15, 0.2) is 0 Å². The molecule has 0 heterocycles. The highest BCUT2D eigenvalue weighted by molar-refractivity contribution is 4.50. The first-order valence-electron chi connectivity index (χ1n) is 16.6. The van der Waals surface area contributed by atoms with E-state index in [2.05, 4.69) is 13.8 Å². The van der Waals surface area contributed by atoms with Crippen LogP contribution in [-0.4, -0.2) is 26.4 Å². The summed E-state index contributed by atoms with van der Waals surface area (Å²) in [6.45, 7) is 7.97. The Balaban J connectivity index is 3.00. The van der Waals surface area contributed by atoms with Crippen molar-refractivity contribution < 1.29 is 9.47 Å². The van der Waals surface area contributed by atoms with Gasteiger partial charge in [-0.3, -0.25) is 0 Å². The van der Waals surface area contributed by atoms with Crippen molar-refractivity contribution in [2.75, 3.05) is 26.4 Å². The topological polar surface area (TPSA) is 18.5 Å². The average Bonchev–Trinajstić information content (AvgIpc) is 2.87. The summed E-state index contributed by atoms with van der Waals surface area (Å²) < 4.78 is 11.5. The zero-order chi connectivity index (χ0) is 25.3. The Morgan fingerprint density at radius 3 is 0.657 bits per heavy atom. The molecule has 2 nitrogen and oxygen atoms in total. The van der Waals surface area contributed by atoms with Crippen LogP contribution in [0.15, 0.2) is 0 Å². The Bertz CT molecular complexity index is 312. The van der Waals surface area contributed by atoms with Crippen LogP contribution in [-0.2, 0) is 9.47 Å². The molecule has 0 aromatic rings. The van der Waals surface area contributed by atoms with Gasteiger partial charge >= 0.3 is 0 Å². The van der Waals surface area contributed by atoms with Crippen molar-refractivity contribution in [1.82, 2.24) is 0 Å². The van der Waals surface area contributed by atoms with Crippen LogP contribution in [0.3, 0.4) is 0 Å². The predicted octanol–water partition coefficient (Wildman–Crippen LogP) is 11.6. The van der Waals surface area contributed by atoms with Crippen LogP contribution < -0.4 is 0 Å². The second kappa shape index (κ2) is 33.9. The molecule has 2 heteroatoms. The molecule has 212 valence electrons. The third kappa shape index (κ3) is 33.9. The van der Waals surface area contributed by atoms with Crippen LogP contribution >= 0.6 is 0 Å². The lowest BCUT2D eigenvalue weighted by molar-refractivity contribution is 0.0448. The van der Waals surface area contributed by atoms with Crippen LogP contribution in [0.25, 0.3) is 0 Å². The molecule has 0 saturated carbocycles. The van der Waals surface area contributed by atoms with E-state index in [1.807, 2.05) is 0 Å². The molecule has 0 N–H and O–H groups in total. The van der Waals surface area contributed by atoms with Gasteiger partial charge in [0.25, 0.3) is 0 Å². The Labute approximate surface area is 223 Å². The second-order valence-electron chi connectivity index (χ2n) is 11.1. The Morgan fingerprint density at radius 2 is 0.429 bits per heavy atom. The molecule has 0 atom stereocenters. The minimum absolute atomic E-state index is 0.775. The molecule has 35 heavy (non-hydrogen) atoms. The first-order valence-corrected chi connectivity index (χ1v) is 16.6. The molecule has 0 unspecified atom stereocenters. The molecule has 0 aromatic carbocycles. The summed E-state index contributed by atoms with van der Waals surface area (Å²) in [5, 5.41) is 0. The quantitative estimate of drug-likeness (QED) is 0.0862. The summed E-state index contributed by atoms with van der Waals surface area (Å²) in [6.07, 6.45) is 38.1. The number of hydrogen-bond donors (Lipinski definition) is 0. The molecule has 0 aromatic heterocycles. The monoisotopic (exact) mass is 497 g/mol. The van der Waals surface area contributed by atoms with Crippen molar-refractivity contribution in [3.63, 3.8) is 0 Å². The summed E-state index contributed by atoms with van der Waals surface area (Å²) in [5.41, 5.74) is 0. The number of unbranched alkanes of at least 4 members (excludes halogenated alkanes) is 25. The van der Waals surface area contributed by atoms with Crippen LogP contribution in [0.1, 0.15) is 187 Å². The van der Waals surface area contributed by atoms with Gasteiger partial charge in [-0.05, 0) is 12.8 Å². The van der Waals surface area contributed by atoms with E-state index in [9.17, 15) is 0 Å². The van der Waals surface area contributed by atoms with Gasteiger partial charge in [0.05, 0.1) is 13.2 Å². The fourth-order valence-electron chi connectivity index (χ4n) is 4.94. The summed E-state index contributed by atoms with van der Waals surface area (Å²) in [5.74, 6) is 0. The van der Waals surface area contributed by atoms with Gasteiger partial charge in [-0.2, -0.15) is 0 Å². The van der Waals surface area contributed by atoms with Gasteiger partial charge in [-0.1, -0.05) is 174 Å². The second-order valence-corrected chi connectivity index (χ2v) is 11.1. The lowest BCUT2D eigenvalue weighted by Crippen LogP contribution is -2.06. The van der Waals surface area contributed by atoms with Crippen molar-refractivity contribution in [2.45, 2.75) is 187 Å². The maximum Gasteiger partial charge on any atom is 0.0700 e. The van der Waals surface area contributed by atoms with E-state index in [-0.39, 0.29) is 0 Å². The molecule has 0 fully saturated rings. The molecule has 0 amide bonds. The number of hydrogen-bond acceptors (Lipinski definition) is 2. The van der Waals surface area contributed by atoms with Crippen LogP contribution in [0.5, 0.6) is 0 Å². The van der Waals surface area contributed by atoms with E-state index in [0.717, 1.165) is 26.4 Å². The maximum absolute atomic E-state index is 5.73. The van der Waals surface area contributed by atoms with E-state index in [1.54, 1.807) is 0 Å². The lowest BCUT2D eigenvalue weighted by Gasteiger charge is -2.06. The standard InChI is InChI=1S/C33H68O2/c1-3-5-7-9-11-13-15-17-19-21-23-25-27-29-31-35-33-32-34-30-28-26-24-22-20-18-16-14-12-10-8-6-4-2/h3-33H2,1-2H3. The van der Waals surface area contributed by atoms with Crippen molar-refractivity contribution in [3.05, 3.63) is 0 Å². The molecule has 0 spiro atoms. The van der Waals surface area contributed by atoms with Crippen molar-refractivity contribution >= 4 is 0 Å². The molecule has 0 radical (unpaired) electrons. The van der Waals surface area contributed by atoms with E-state index < -0.39 is 0 Å². The Hall–Kier alpha value is -0.0800. The van der Waals surface area contributed by atoms with Gasteiger partial charge in [-0.25, -0.2) is 0 Å². The highest BCUT2D eigenvalue weighted by Gasteiger charge is 1.96. The van der Waals surface area contributed by atoms with E-state index in [1.165, 1.54) is 173 Å². The first-order chi connectivity index (χ1) is 17.4. The normalized spacial score (nSPS) is 11.5. The fourth-order valence-corrected chi connectivity index (χ4v) is 4.94. The van der Waals surface area contributed by atoms with Crippen LogP contribution in [0.2, 0.25) is 0 Å². The minimum atomic E-state index is 0.775. The SMILES string of the molecule is CCCCCCCCCCCCCCCCOCCOCCCCCCCCCCCCCCC. The van der Waals surface area contributed by atoms with E-state index in [4.69, 9.17) is 9.47 Å². The van der Waals surface area contributed by atoms with Gasteiger partial charge in [0.2, 0.25) is 0 Å². The molecule has 0 rings (SSSR count).